The van der Waals surface area contributed by atoms with Crippen molar-refractivity contribution in [3.8, 4) is 0 Å². The number of hydrogen-bond acceptors (Lipinski definition) is 9. The van der Waals surface area contributed by atoms with Crippen LogP contribution in [0.5, 0.6) is 0 Å². The van der Waals surface area contributed by atoms with Gasteiger partial charge in [0.2, 0.25) is 0 Å². The second kappa shape index (κ2) is 5.74. The van der Waals surface area contributed by atoms with Gasteiger partial charge in [-0.25, -0.2) is 15.0 Å². The number of aliphatic hydroxyl groups excluding tert-OH is 3. The molecule has 1 fully saturated rings. The van der Waals surface area contributed by atoms with Crippen molar-refractivity contribution in [1.82, 2.24) is 19.5 Å². The summed E-state index contributed by atoms with van der Waals surface area (Å²) in [6.45, 7) is -0.440. The molecule has 3 rings (SSSR count). The molecule has 5 atom stereocenters. The standard InChI is InChI=1S/C12H17N5O5/c1-21-12-7(9(20)8(19)5(2-18)22-12)17-4-16-6-10(13)14-3-15-11(6)17/h3-5,7-9,12,18-20H,2H2,1H3,(H2,13,14,15)/t5-,7+,8-,9+,12?/m1/s1. The van der Waals surface area contributed by atoms with Crippen molar-refractivity contribution >= 4 is 17.0 Å². The third-order valence-corrected chi connectivity index (χ3v) is 3.79. The van der Waals surface area contributed by atoms with Gasteiger partial charge in [-0.15, -0.1) is 0 Å². The van der Waals surface area contributed by atoms with E-state index in [4.69, 9.17) is 15.2 Å². The number of aromatic nitrogens is 4. The first kappa shape index (κ1) is 15.1. The fraction of sp³-hybridized carbons (Fsp3) is 0.583. The van der Waals surface area contributed by atoms with E-state index in [0.717, 1.165) is 0 Å². The monoisotopic (exact) mass is 311 g/mol. The normalized spacial score (nSPS) is 32.5. The number of ether oxygens (including phenoxy) is 2. The summed E-state index contributed by atoms with van der Waals surface area (Å²) >= 11 is 0. The van der Waals surface area contributed by atoms with Crippen molar-refractivity contribution in [3.05, 3.63) is 12.7 Å². The fourth-order valence-corrected chi connectivity index (χ4v) is 2.65. The maximum atomic E-state index is 10.4. The molecule has 0 aliphatic carbocycles. The van der Waals surface area contributed by atoms with E-state index in [1.165, 1.54) is 24.3 Å². The Bertz CT molecular complexity index is 662. The van der Waals surface area contributed by atoms with Gasteiger partial charge in [0.15, 0.2) is 17.8 Å². The van der Waals surface area contributed by atoms with Crippen molar-refractivity contribution in [2.24, 2.45) is 0 Å². The highest BCUT2D eigenvalue weighted by Crippen LogP contribution is 2.32. The van der Waals surface area contributed by atoms with Gasteiger partial charge in [-0.3, -0.25) is 0 Å². The number of imidazole rings is 1. The zero-order valence-electron chi connectivity index (χ0n) is 11.8. The van der Waals surface area contributed by atoms with Crippen LogP contribution in [-0.2, 0) is 9.47 Å². The highest BCUT2D eigenvalue weighted by molar-refractivity contribution is 5.81. The quantitative estimate of drug-likeness (QED) is 0.506. The molecule has 1 unspecified atom stereocenters. The number of nitrogens with zero attached hydrogens (tertiary/aromatic N) is 4. The zero-order valence-corrected chi connectivity index (χ0v) is 11.8. The second-order valence-electron chi connectivity index (χ2n) is 5.02. The first-order valence-corrected chi connectivity index (χ1v) is 6.66. The minimum absolute atomic E-state index is 0.206. The van der Waals surface area contributed by atoms with Crippen molar-refractivity contribution < 1.29 is 24.8 Å². The number of anilines is 1. The van der Waals surface area contributed by atoms with Crippen LogP contribution in [0.15, 0.2) is 12.7 Å². The molecule has 1 saturated heterocycles. The molecule has 120 valence electrons. The number of hydrogen-bond donors (Lipinski definition) is 4. The van der Waals surface area contributed by atoms with Crippen molar-refractivity contribution in [3.63, 3.8) is 0 Å². The van der Waals surface area contributed by atoms with Crippen LogP contribution in [0.2, 0.25) is 0 Å². The summed E-state index contributed by atoms with van der Waals surface area (Å²) in [6, 6.07) is -0.804. The van der Waals surface area contributed by atoms with E-state index in [1.54, 1.807) is 0 Å². The molecule has 1 aliphatic heterocycles. The molecule has 0 spiro atoms. The Morgan fingerprint density at radius 1 is 1.32 bits per heavy atom. The molecule has 3 heterocycles. The Kier molecular flexibility index (Phi) is 3.93. The fourth-order valence-electron chi connectivity index (χ4n) is 2.65. The Morgan fingerprint density at radius 2 is 2.09 bits per heavy atom. The van der Waals surface area contributed by atoms with Gasteiger partial charge in [-0.05, 0) is 0 Å². The number of fused-ring (bicyclic) bond motifs is 1. The number of nitrogen functional groups attached to an aromatic ring is 1. The first-order chi connectivity index (χ1) is 10.6. The molecular weight excluding hydrogens is 294 g/mol. The molecule has 1 aliphatic rings. The van der Waals surface area contributed by atoms with Gasteiger partial charge in [-0.1, -0.05) is 0 Å². The maximum Gasteiger partial charge on any atom is 0.181 e. The predicted molar refractivity (Wildman–Crippen MR) is 73.5 cm³/mol. The molecule has 0 aromatic carbocycles. The summed E-state index contributed by atoms with van der Waals surface area (Å²) in [5, 5.41) is 29.7. The molecule has 10 heteroatoms. The van der Waals surface area contributed by atoms with E-state index >= 15 is 0 Å². The van der Waals surface area contributed by atoms with Gasteiger partial charge in [0.25, 0.3) is 0 Å². The van der Waals surface area contributed by atoms with Crippen molar-refractivity contribution in [2.75, 3.05) is 19.5 Å². The maximum absolute atomic E-state index is 10.4. The number of nitrogens with two attached hydrogens (primary N) is 1. The van der Waals surface area contributed by atoms with Gasteiger partial charge in [0, 0.05) is 7.11 Å². The second-order valence-corrected chi connectivity index (χ2v) is 5.02. The van der Waals surface area contributed by atoms with Crippen LogP contribution in [0.25, 0.3) is 11.2 Å². The lowest BCUT2D eigenvalue weighted by atomic mass is 9.97. The molecule has 0 saturated carbocycles. The Morgan fingerprint density at radius 3 is 2.77 bits per heavy atom. The molecular formula is C12H17N5O5. The zero-order chi connectivity index (χ0) is 15.9. The minimum atomic E-state index is -1.28. The van der Waals surface area contributed by atoms with Crippen LogP contribution in [0.4, 0.5) is 5.82 Å². The molecule has 5 N–H and O–H groups in total. The average Bonchev–Trinajstić information content (AvgIpc) is 2.95. The van der Waals surface area contributed by atoms with E-state index in [2.05, 4.69) is 15.0 Å². The van der Waals surface area contributed by atoms with Crippen LogP contribution in [0.3, 0.4) is 0 Å². The smallest absolute Gasteiger partial charge is 0.181 e. The third-order valence-electron chi connectivity index (χ3n) is 3.79. The Labute approximate surface area is 125 Å². The van der Waals surface area contributed by atoms with Gasteiger partial charge < -0.3 is 35.1 Å². The summed E-state index contributed by atoms with van der Waals surface area (Å²) in [6.07, 6.45) is -1.66. The highest BCUT2D eigenvalue weighted by atomic mass is 16.7. The summed E-state index contributed by atoms with van der Waals surface area (Å²) in [5.41, 5.74) is 6.50. The lowest BCUT2D eigenvalue weighted by Gasteiger charge is -2.41. The van der Waals surface area contributed by atoms with E-state index in [-0.39, 0.29) is 5.82 Å². The van der Waals surface area contributed by atoms with Crippen molar-refractivity contribution in [2.45, 2.75) is 30.6 Å². The van der Waals surface area contributed by atoms with Gasteiger partial charge in [0.05, 0.1) is 12.9 Å². The summed E-state index contributed by atoms with van der Waals surface area (Å²) < 4.78 is 12.2. The molecule has 0 radical (unpaired) electrons. The lowest BCUT2D eigenvalue weighted by Crippen LogP contribution is -2.56. The average molecular weight is 311 g/mol. The van der Waals surface area contributed by atoms with Crippen LogP contribution in [0, 0.1) is 0 Å². The molecule has 0 amide bonds. The molecule has 10 nitrogen and oxygen atoms in total. The van der Waals surface area contributed by atoms with Gasteiger partial charge in [-0.2, -0.15) is 0 Å². The molecule has 0 bridgehead atoms. The number of aliphatic hydroxyl groups is 3. The highest BCUT2D eigenvalue weighted by Gasteiger charge is 2.46. The van der Waals surface area contributed by atoms with E-state index < -0.39 is 37.3 Å². The summed E-state index contributed by atoms with van der Waals surface area (Å²) in [4.78, 5) is 12.1. The number of rotatable bonds is 3. The Hall–Kier alpha value is -1.85. The molecule has 22 heavy (non-hydrogen) atoms. The SMILES string of the molecule is COC1O[C@H](CO)[C@@H](O)[C@@H](O)[C@@H]1n1cnc2c(N)ncnc21. The lowest BCUT2D eigenvalue weighted by molar-refractivity contribution is -0.272. The van der Waals surface area contributed by atoms with E-state index in [9.17, 15) is 15.3 Å². The third kappa shape index (κ3) is 2.21. The molecule has 2 aromatic heterocycles. The van der Waals surface area contributed by atoms with E-state index in [0.29, 0.717) is 11.2 Å². The van der Waals surface area contributed by atoms with E-state index in [1.807, 2.05) is 0 Å². The van der Waals surface area contributed by atoms with Crippen LogP contribution in [-0.4, -0.2) is 73.2 Å². The minimum Gasteiger partial charge on any atom is -0.394 e. The van der Waals surface area contributed by atoms with Crippen LogP contribution >= 0.6 is 0 Å². The largest absolute Gasteiger partial charge is 0.394 e. The predicted octanol–water partition coefficient (Wildman–Crippen LogP) is -1.97. The van der Waals surface area contributed by atoms with Gasteiger partial charge >= 0.3 is 0 Å². The Balaban J connectivity index is 2.05. The topological polar surface area (TPSA) is 149 Å². The van der Waals surface area contributed by atoms with Gasteiger partial charge in [0.1, 0.15) is 36.2 Å². The summed E-state index contributed by atoms with van der Waals surface area (Å²) in [5.74, 6) is 0.206. The van der Waals surface area contributed by atoms with Crippen LogP contribution in [0.1, 0.15) is 6.04 Å². The van der Waals surface area contributed by atoms with Crippen LogP contribution < -0.4 is 5.73 Å². The molecule has 2 aromatic rings. The number of methoxy groups -OCH3 is 1. The van der Waals surface area contributed by atoms with Crippen molar-refractivity contribution in [1.29, 1.82) is 0 Å². The summed E-state index contributed by atoms with van der Waals surface area (Å²) in [7, 11) is 1.40. The first-order valence-electron chi connectivity index (χ1n) is 6.66.